The second kappa shape index (κ2) is 9.84. The van der Waals surface area contributed by atoms with Gasteiger partial charge in [0.2, 0.25) is 5.91 Å². The largest absolute Gasteiger partial charge is 0.355 e. The molecule has 1 aliphatic heterocycles. The Kier molecular flexibility index (Phi) is 8.11. The maximum atomic E-state index is 12.3. The molecular weight excluding hydrogens is 352 g/mol. The molecule has 1 atom stereocenters. The van der Waals surface area contributed by atoms with Crippen LogP contribution in [0.25, 0.3) is 0 Å². The molecule has 2 N–H and O–H groups in total. The minimum Gasteiger partial charge on any atom is -0.355 e. The lowest BCUT2D eigenvalue weighted by molar-refractivity contribution is -0.121. The number of thioether (sulfide) groups is 1. The standard InChI is InChI=1S/C20H30N2OS.ClH/c1-16-4-7-18(8-5-16)24-20(11-2-3-12-20)15-22-19(23)9-6-17-10-13-21-14-17;/h4-5,7-8,17,21H,2-3,6,9-15H2,1H3,(H,22,23);1H. The van der Waals surface area contributed by atoms with E-state index in [0.717, 1.165) is 26.1 Å². The molecule has 1 saturated heterocycles. The molecule has 1 heterocycles. The van der Waals surface area contributed by atoms with Gasteiger partial charge < -0.3 is 10.6 Å². The lowest BCUT2D eigenvalue weighted by atomic mass is 10.0. The van der Waals surface area contributed by atoms with Gasteiger partial charge in [0.25, 0.3) is 0 Å². The van der Waals surface area contributed by atoms with Gasteiger partial charge in [0, 0.05) is 22.6 Å². The summed E-state index contributed by atoms with van der Waals surface area (Å²) in [6.45, 7) is 5.14. The van der Waals surface area contributed by atoms with Crippen LogP contribution >= 0.6 is 24.2 Å². The summed E-state index contributed by atoms with van der Waals surface area (Å²) in [7, 11) is 0. The summed E-state index contributed by atoms with van der Waals surface area (Å²) >= 11 is 1.97. The van der Waals surface area contributed by atoms with E-state index < -0.39 is 0 Å². The van der Waals surface area contributed by atoms with Crippen LogP contribution < -0.4 is 10.6 Å². The van der Waals surface area contributed by atoms with Gasteiger partial charge in [0.05, 0.1) is 0 Å². The third-order valence-electron chi connectivity index (χ3n) is 5.42. The summed E-state index contributed by atoms with van der Waals surface area (Å²) in [5.74, 6) is 0.927. The zero-order valence-corrected chi connectivity index (χ0v) is 16.8. The third-order valence-corrected chi connectivity index (χ3v) is 6.91. The predicted octanol–water partition coefficient (Wildman–Crippen LogP) is 4.33. The molecule has 2 aliphatic rings. The van der Waals surface area contributed by atoms with Crippen molar-refractivity contribution in [2.75, 3.05) is 19.6 Å². The molecule has 0 bridgehead atoms. The molecule has 0 radical (unpaired) electrons. The Morgan fingerprint density at radius 2 is 2.00 bits per heavy atom. The van der Waals surface area contributed by atoms with Crippen molar-refractivity contribution >= 4 is 30.1 Å². The first kappa shape index (κ1) is 20.6. The number of aryl methyl sites for hydroxylation is 1. The van der Waals surface area contributed by atoms with Crippen molar-refractivity contribution in [3.8, 4) is 0 Å². The van der Waals surface area contributed by atoms with Gasteiger partial charge in [0.15, 0.2) is 0 Å². The molecule has 1 amide bonds. The van der Waals surface area contributed by atoms with Crippen LogP contribution in [0.15, 0.2) is 29.2 Å². The van der Waals surface area contributed by atoms with E-state index in [2.05, 4.69) is 41.8 Å². The first-order valence-corrected chi connectivity index (χ1v) is 10.2. The van der Waals surface area contributed by atoms with E-state index in [9.17, 15) is 4.79 Å². The molecule has 25 heavy (non-hydrogen) atoms. The molecule has 3 nitrogen and oxygen atoms in total. The van der Waals surface area contributed by atoms with Gasteiger partial charge in [-0.05, 0) is 63.7 Å². The molecule has 1 saturated carbocycles. The van der Waals surface area contributed by atoms with E-state index in [1.165, 1.54) is 42.6 Å². The van der Waals surface area contributed by atoms with E-state index in [-0.39, 0.29) is 23.1 Å². The SMILES string of the molecule is Cc1ccc(SC2(CNC(=O)CCC3CCNC3)CCCC2)cc1.Cl. The van der Waals surface area contributed by atoms with Crippen molar-refractivity contribution in [2.45, 2.75) is 61.5 Å². The van der Waals surface area contributed by atoms with Gasteiger partial charge in [-0.1, -0.05) is 30.5 Å². The molecule has 1 unspecified atom stereocenters. The van der Waals surface area contributed by atoms with Gasteiger partial charge >= 0.3 is 0 Å². The summed E-state index contributed by atoms with van der Waals surface area (Å²) in [6, 6.07) is 8.79. The lowest BCUT2D eigenvalue weighted by Gasteiger charge is -2.29. The molecular formula is C20H31ClN2OS. The average Bonchev–Trinajstić information content (AvgIpc) is 3.26. The highest BCUT2D eigenvalue weighted by molar-refractivity contribution is 8.00. The van der Waals surface area contributed by atoms with E-state index in [1.807, 2.05) is 11.8 Å². The first-order valence-electron chi connectivity index (χ1n) is 9.38. The summed E-state index contributed by atoms with van der Waals surface area (Å²) in [4.78, 5) is 13.6. The quantitative estimate of drug-likeness (QED) is 0.737. The third kappa shape index (κ3) is 6.19. The molecule has 0 spiro atoms. The summed E-state index contributed by atoms with van der Waals surface area (Å²) in [5.41, 5.74) is 1.30. The predicted molar refractivity (Wildman–Crippen MR) is 109 cm³/mol. The second-order valence-electron chi connectivity index (χ2n) is 7.48. The highest BCUT2D eigenvalue weighted by atomic mass is 35.5. The zero-order chi connectivity index (χ0) is 16.8. The Bertz CT molecular complexity index is 537. The number of carbonyl (C=O) groups is 1. The van der Waals surface area contributed by atoms with Gasteiger partial charge in [0.1, 0.15) is 0 Å². The Morgan fingerprint density at radius 1 is 1.28 bits per heavy atom. The normalized spacial score (nSPS) is 21.7. The first-order chi connectivity index (χ1) is 11.7. The molecule has 140 valence electrons. The van der Waals surface area contributed by atoms with Crippen molar-refractivity contribution in [1.82, 2.24) is 10.6 Å². The van der Waals surface area contributed by atoms with E-state index >= 15 is 0 Å². The van der Waals surface area contributed by atoms with E-state index in [4.69, 9.17) is 0 Å². The maximum Gasteiger partial charge on any atom is 0.220 e. The number of rotatable bonds is 7. The molecule has 3 rings (SSSR count). The van der Waals surface area contributed by atoms with Crippen LogP contribution in [-0.4, -0.2) is 30.3 Å². The monoisotopic (exact) mass is 382 g/mol. The highest BCUT2D eigenvalue weighted by Crippen LogP contribution is 2.44. The Balaban J connectivity index is 0.00000225. The van der Waals surface area contributed by atoms with Crippen LogP contribution in [0.4, 0.5) is 0 Å². The van der Waals surface area contributed by atoms with Crippen molar-refractivity contribution in [2.24, 2.45) is 5.92 Å². The number of benzene rings is 1. The summed E-state index contributed by atoms with van der Waals surface area (Å²) in [6.07, 6.45) is 7.90. The zero-order valence-electron chi connectivity index (χ0n) is 15.2. The number of halogens is 1. The average molecular weight is 383 g/mol. The fourth-order valence-corrected chi connectivity index (χ4v) is 5.24. The fourth-order valence-electron chi connectivity index (χ4n) is 3.83. The van der Waals surface area contributed by atoms with Crippen LogP contribution in [0, 0.1) is 12.8 Å². The van der Waals surface area contributed by atoms with Crippen LogP contribution in [0.5, 0.6) is 0 Å². The summed E-state index contributed by atoms with van der Waals surface area (Å²) in [5, 5.41) is 6.62. The van der Waals surface area contributed by atoms with Gasteiger partial charge in [-0.3, -0.25) is 4.79 Å². The molecule has 0 aromatic heterocycles. The van der Waals surface area contributed by atoms with Crippen LogP contribution in [0.2, 0.25) is 0 Å². The molecule has 2 fully saturated rings. The second-order valence-corrected chi connectivity index (χ2v) is 9.02. The number of amides is 1. The maximum absolute atomic E-state index is 12.3. The Hall–Kier alpha value is -0.710. The fraction of sp³-hybridized carbons (Fsp3) is 0.650. The summed E-state index contributed by atoms with van der Waals surface area (Å²) < 4.78 is 0.194. The highest BCUT2D eigenvalue weighted by Gasteiger charge is 2.35. The van der Waals surface area contributed by atoms with Crippen LogP contribution in [0.3, 0.4) is 0 Å². The minimum atomic E-state index is 0. The Labute approximate surface area is 162 Å². The Morgan fingerprint density at radius 3 is 2.64 bits per heavy atom. The van der Waals surface area contributed by atoms with Gasteiger partial charge in [-0.15, -0.1) is 24.2 Å². The van der Waals surface area contributed by atoms with Crippen molar-refractivity contribution in [3.05, 3.63) is 29.8 Å². The van der Waals surface area contributed by atoms with Crippen molar-refractivity contribution in [3.63, 3.8) is 0 Å². The van der Waals surface area contributed by atoms with Crippen molar-refractivity contribution in [1.29, 1.82) is 0 Å². The lowest BCUT2D eigenvalue weighted by Crippen LogP contribution is -2.38. The topological polar surface area (TPSA) is 41.1 Å². The van der Waals surface area contributed by atoms with Crippen molar-refractivity contribution < 1.29 is 4.79 Å². The van der Waals surface area contributed by atoms with Gasteiger partial charge in [-0.25, -0.2) is 0 Å². The van der Waals surface area contributed by atoms with Crippen LogP contribution in [-0.2, 0) is 4.79 Å². The van der Waals surface area contributed by atoms with Gasteiger partial charge in [-0.2, -0.15) is 0 Å². The smallest absolute Gasteiger partial charge is 0.220 e. The number of nitrogens with one attached hydrogen (secondary N) is 2. The molecule has 1 aliphatic carbocycles. The molecule has 1 aromatic carbocycles. The van der Waals surface area contributed by atoms with E-state index in [1.54, 1.807) is 0 Å². The minimum absolute atomic E-state index is 0. The molecule has 1 aromatic rings. The van der Waals surface area contributed by atoms with Crippen LogP contribution in [0.1, 0.15) is 50.5 Å². The number of carbonyl (C=O) groups excluding carboxylic acids is 1. The van der Waals surface area contributed by atoms with E-state index in [0.29, 0.717) is 12.3 Å². The number of hydrogen-bond donors (Lipinski definition) is 2. The number of hydrogen-bond acceptors (Lipinski definition) is 3. The molecule has 5 heteroatoms.